The molecule has 1 amide bonds. The van der Waals surface area contributed by atoms with E-state index in [-0.39, 0.29) is 18.8 Å². The summed E-state index contributed by atoms with van der Waals surface area (Å²) in [4.78, 5) is 23.7. The van der Waals surface area contributed by atoms with Crippen LogP contribution in [0.25, 0.3) is 0 Å². The molecule has 0 saturated carbocycles. The maximum atomic E-state index is 13.6. The highest BCUT2D eigenvalue weighted by Crippen LogP contribution is 2.22. The van der Waals surface area contributed by atoms with Gasteiger partial charge in [0.1, 0.15) is 11.9 Å². The Bertz CT molecular complexity index is 464. The lowest BCUT2D eigenvalue weighted by Gasteiger charge is -2.33. The summed E-state index contributed by atoms with van der Waals surface area (Å²) in [6, 6.07) is 4.57. The number of benzene rings is 1. The maximum absolute atomic E-state index is 13.6. The van der Waals surface area contributed by atoms with E-state index in [1.807, 2.05) is 0 Å². The van der Waals surface area contributed by atoms with Crippen molar-refractivity contribution in [1.82, 2.24) is 5.32 Å². The number of carboxylic acid groups (broad SMARTS) is 1. The van der Waals surface area contributed by atoms with Crippen molar-refractivity contribution in [3.05, 3.63) is 30.1 Å². The van der Waals surface area contributed by atoms with Gasteiger partial charge in [0, 0.05) is 6.54 Å². The Morgan fingerprint density at radius 1 is 1.47 bits per heavy atom. The Hall–Kier alpha value is -1.95. The molecule has 1 fully saturated rings. The van der Waals surface area contributed by atoms with Crippen LogP contribution in [-0.4, -0.2) is 36.1 Å². The first-order valence-corrected chi connectivity index (χ1v) is 5.11. The Balaban J connectivity index is 2.42. The molecule has 0 bridgehead atoms. The number of carbonyl (C=O) groups is 2. The van der Waals surface area contributed by atoms with E-state index in [4.69, 9.17) is 5.11 Å². The second-order valence-corrected chi connectivity index (χ2v) is 3.70. The van der Waals surface area contributed by atoms with Crippen molar-refractivity contribution in [3.8, 4) is 0 Å². The summed E-state index contributed by atoms with van der Waals surface area (Å²) in [5.74, 6) is -2.21. The molecule has 0 aromatic heterocycles. The van der Waals surface area contributed by atoms with Crippen molar-refractivity contribution in [2.24, 2.45) is 0 Å². The quantitative estimate of drug-likeness (QED) is 0.773. The fourth-order valence-corrected chi connectivity index (χ4v) is 1.81. The minimum atomic E-state index is -1.16. The minimum absolute atomic E-state index is 0.00593. The number of hydrogen-bond acceptors (Lipinski definition) is 3. The maximum Gasteiger partial charge on any atom is 0.328 e. The number of aliphatic carboxylic acids is 1. The lowest BCUT2D eigenvalue weighted by atomic mass is 10.1. The van der Waals surface area contributed by atoms with E-state index in [0.29, 0.717) is 0 Å². The summed E-state index contributed by atoms with van der Waals surface area (Å²) >= 11 is 0. The van der Waals surface area contributed by atoms with Gasteiger partial charge >= 0.3 is 5.97 Å². The molecule has 1 aromatic carbocycles. The molecule has 2 N–H and O–H groups in total. The standard InChI is InChI=1S/C11H11FN2O3/c12-7-3-1-2-4-8(7)14-9(11(16)17)5-13-6-10(14)15/h1-4,9,13H,5-6H2,(H,16,17). The summed E-state index contributed by atoms with van der Waals surface area (Å²) in [7, 11) is 0. The van der Waals surface area contributed by atoms with Crippen molar-refractivity contribution in [2.45, 2.75) is 6.04 Å². The molecule has 5 nitrogen and oxygen atoms in total. The number of para-hydroxylation sites is 1. The molecule has 6 heteroatoms. The van der Waals surface area contributed by atoms with Gasteiger partial charge in [-0.2, -0.15) is 0 Å². The molecule has 90 valence electrons. The minimum Gasteiger partial charge on any atom is -0.480 e. The molecule has 0 aliphatic carbocycles. The van der Waals surface area contributed by atoms with Gasteiger partial charge in [-0.1, -0.05) is 12.1 Å². The number of nitrogens with one attached hydrogen (secondary N) is 1. The zero-order chi connectivity index (χ0) is 12.4. The first kappa shape index (κ1) is 11.5. The van der Waals surface area contributed by atoms with Crippen LogP contribution in [-0.2, 0) is 9.59 Å². The van der Waals surface area contributed by atoms with Gasteiger partial charge in [-0.15, -0.1) is 0 Å². The molecule has 0 radical (unpaired) electrons. The van der Waals surface area contributed by atoms with E-state index in [1.165, 1.54) is 18.2 Å². The van der Waals surface area contributed by atoms with Crippen LogP contribution in [0.3, 0.4) is 0 Å². The molecule has 1 aromatic rings. The van der Waals surface area contributed by atoms with Crippen LogP contribution in [0.2, 0.25) is 0 Å². The SMILES string of the molecule is O=C(O)C1CNCC(=O)N1c1ccccc1F. The summed E-state index contributed by atoms with van der Waals surface area (Å²) < 4.78 is 13.6. The van der Waals surface area contributed by atoms with Crippen LogP contribution in [0.1, 0.15) is 0 Å². The van der Waals surface area contributed by atoms with Crippen molar-refractivity contribution in [1.29, 1.82) is 0 Å². The van der Waals surface area contributed by atoms with Gasteiger partial charge in [0.05, 0.1) is 12.2 Å². The van der Waals surface area contributed by atoms with Gasteiger partial charge in [0.2, 0.25) is 5.91 Å². The van der Waals surface area contributed by atoms with Gasteiger partial charge in [-0.3, -0.25) is 9.69 Å². The van der Waals surface area contributed by atoms with Crippen LogP contribution in [0.5, 0.6) is 0 Å². The summed E-state index contributed by atoms with van der Waals surface area (Å²) in [5, 5.41) is 11.7. The second kappa shape index (κ2) is 4.50. The molecule has 1 aliphatic heterocycles. The number of nitrogens with zero attached hydrogens (tertiary/aromatic N) is 1. The predicted octanol–water partition coefficient (Wildman–Crippen LogP) is 0.215. The molecule has 1 unspecified atom stereocenters. The van der Waals surface area contributed by atoms with Gasteiger partial charge in [0.25, 0.3) is 0 Å². The molecule has 1 aliphatic rings. The smallest absolute Gasteiger partial charge is 0.328 e. The van der Waals surface area contributed by atoms with Crippen molar-refractivity contribution < 1.29 is 19.1 Å². The third-order valence-corrected chi connectivity index (χ3v) is 2.59. The van der Waals surface area contributed by atoms with Crippen molar-refractivity contribution in [3.63, 3.8) is 0 Å². The molecular formula is C11H11FN2O3. The molecule has 1 atom stereocenters. The summed E-state index contributed by atoms with van der Waals surface area (Å²) in [6.45, 7) is 0.119. The van der Waals surface area contributed by atoms with E-state index in [0.717, 1.165) is 4.90 Å². The first-order valence-electron chi connectivity index (χ1n) is 5.11. The number of piperazine rings is 1. The van der Waals surface area contributed by atoms with E-state index >= 15 is 0 Å². The van der Waals surface area contributed by atoms with E-state index in [2.05, 4.69) is 5.32 Å². The van der Waals surface area contributed by atoms with Crippen LogP contribution < -0.4 is 10.2 Å². The van der Waals surface area contributed by atoms with Crippen LogP contribution in [0.15, 0.2) is 24.3 Å². The summed E-state index contributed by atoms with van der Waals surface area (Å²) in [6.07, 6.45) is 0. The highest BCUT2D eigenvalue weighted by molar-refractivity contribution is 6.01. The summed E-state index contributed by atoms with van der Waals surface area (Å²) in [5.41, 5.74) is 0.00593. The highest BCUT2D eigenvalue weighted by atomic mass is 19.1. The number of carbonyl (C=O) groups excluding carboxylic acids is 1. The lowest BCUT2D eigenvalue weighted by Crippen LogP contribution is -2.58. The van der Waals surface area contributed by atoms with Gasteiger partial charge in [-0.05, 0) is 12.1 Å². The van der Waals surface area contributed by atoms with Crippen LogP contribution in [0.4, 0.5) is 10.1 Å². The first-order chi connectivity index (χ1) is 8.11. The Morgan fingerprint density at radius 2 is 2.18 bits per heavy atom. The second-order valence-electron chi connectivity index (χ2n) is 3.70. The topological polar surface area (TPSA) is 69.6 Å². The van der Waals surface area contributed by atoms with Crippen molar-refractivity contribution >= 4 is 17.6 Å². The number of carboxylic acids is 1. The third kappa shape index (κ3) is 2.12. The number of hydrogen-bond donors (Lipinski definition) is 2. The van der Waals surface area contributed by atoms with Crippen LogP contribution >= 0.6 is 0 Å². The fourth-order valence-electron chi connectivity index (χ4n) is 1.81. The number of amides is 1. The van der Waals surface area contributed by atoms with E-state index < -0.39 is 23.7 Å². The van der Waals surface area contributed by atoms with E-state index in [9.17, 15) is 14.0 Å². The largest absolute Gasteiger partial charge is 0.480 e. The Labute approximate surface area is 96.8 Å². The Kier molecular flexibility index (Phi) is 3.06. The predicted molar refractivity (Wildman–Crippen MR) is 58.2 cm³/mol. The lowest BCUT2D eigenvalue weighted by molar-refractivity contribution is -0.140. The van der Waals surface area contributed by atoms with Crippen molar-refractivity contribution in [2.75, 3.05) is 18.0 Å². The third-order valence-electron chi connectivity index (χ3n) is 2.59. The molecule has 1 heterocycles. The van der Waals surface area contributed by atoms with Crippen LogP contribution in [0, 0.1) is 5.82 Å². The zero-order valence-electron chi connectivity index (χ0n) is 8.89. The average Bonchev–Trinajstić information content (AvgIpc) is 2.30. The Morgan fingerprint density at radius 3 is 2.82 bits per heavy atom. The molecule has 1 saturated heterocycles. The van der Waals surface area contributed by atoms with Gasteiger partial charge in [0.15, 0.2) is 0 Å². The average molecular weight is 238 g/mol. The van der Waals surface area contributed by atoms with Gasteiger partial charge in [-0.25, -0.2) is 9.18 Å². The van der Waals surface area contributed by atoms with Gasteiger partial charge < -0.3 is 10.4 Å². The molecule has 17 heavy (non-hydrogen) atoms. The number of halogens is 1. The number of rotatable bonds is 2. The molecular weight excluding hydrogens is 227 g/mol. The fraction of sp³-hybridized carbons (Fsp3) is 0.273. The normalized spacial score (nSPS) is 20.4. The number of anilines is 1. The molecule has 2 rings (SSSR count). The monoisotopic (exact) mass is 238 g/mol. The zero-order valence-corrected chi connectivity index (χ0v) is 8.89. The highest BCUT2D eigenvalue weighted by Gasteiger charge is 2.35. The van der Waals surface area contributed by atoms with E-state index in [1.54, 1.807) is 6.07 Å². The molecule has 0 spiro atoms.